The van der Waals surface area contributed by atoms with E-state index < -0.39 is 0 Å². The number of nitrogens with one attached hydrogen (secondary N) is 1. The van der Waals surface area contributed by atoms with Gasteiger partial charge in [0, 0.05) is 10.8 Å². The third-order valence-electron chi connectivity index (χ3n) is 3.98. The molecule has 0 aromatic carbocycles. The molecule has 0 aliphatic rings. The largest absolute Gasteiger partial charge is 0.454 e. The summed E-state index contributed by atoms with van der Waals surface area (Å²) in [5.74, 6) is 0.622. The van der Waals surface area contributed by atoms with E-state index >= 15 is 0 Å². The molecule has 0 saturated heterocycles. The second-order valence-corrected chi connectivity index (χ2v) is 8.80. The molecule has 0 unspecified atom stereocenters. The van der Waals surface area contributed by atoms with Gasteiger partial charge in [-0.1, -0.05) is 20.8 Å². The number of anilines is 1. The fourth-order valence-electron chi connectivity index (χ4n) is 2.40. The fraction of sp³-hybridized carbons (Fsp3) is 0.389. The molecule has 26 heavy (non-hydrogen) atoms. The fourth-order valence-corrected chi connectivity index (χ4v) is 3.61. The summed E-state index contributed by atoms with van der Waals surface area (Å²) in [6.45, 7) is 10.7. The molecular formula is C18H21BrN4O2S. The Labute approximate surface area is 164 Å². The van der Waals surface area contributed by atoms with Gasteiger partial charge >= 0.3 is 0 Å². The Balaban J connectivity index is 1.70. The van der Waals surface area contributed by atoms with Crippen molar-refractivity contribution >= 4 is 38.3 Å². The molecule has 3 rings (SSSR count). The van der Waals surface area contributed by atoms with Gasteiger partial charge in [0.15, 0.2) is 10.9 Å². The number of hydrogen-bond acceptors (Lipinski definition) is 5. The minimum absolute atomic E-state index is 0.0502. The van der Waals surface area contributed by atoms with Crippen molar-refractivity contribution in [2.75, 3.05) is 5.32 Å². The van der Waals surface area contributed by atoms with E-state index in [1.807, 2.05) is 23.9 Å². The second kappa shape index (κ2) is 7.00. The summed E-state index contributed by atoms with van der Waals surface area (Å²) in [7, 11) is 0. The normalized spacial score (nSPS) is 11.8. The number of hydrogen-bond donors (Lipinski definition) is 1. The number of carbonyl (C=O) groups is 1. The molecule has 3 aromatic heterocycles. The van der Waals surface area contributed by atoms with E-state index in [9.17, 15) is 4.79 Å². The van der Waals surface area contributed by atoms with E-state index in [0.29, 0.717) is 17.4 Å². The van der Waals surface area contributed by atoms with Crippen molar-refractivity contribution in [1.29, 1.82) is 0 Å². The predicted octanol–water partition coefficient (Wildman–Crippen LogP) is 4.91. The molecule has 0 aliphatic heterocycles. The molecule has 0 atom stereocenters. The van der Waals surface area contributed by atoms with Crippen LogP contribution in [0.4, 0.5) is 5.13 Å². The van der Waals surface area contributed by atoms with Crippen LogP contribution in [0.5, 0.6) is 0 Å². The molecular weight excluding hydrogens is 416 g/mol. The smallest absolute Gasteiger partial charge is 0.293 e. The zero-order chi connectivity index (χ0) is 19.1. The minimum atomic E-state index is -0.305. The Morgan fingerprint density at radius 1 is 1.35 bits per heavy atom. The summed E-state index contributed by atoms with van der Waals surface area (Å²) < 4.78 is 8.52. The SMILES string of the molecule is Cc1nn(Cc2ccc(C(=O)Nc3nc(C(C)(C)C)cs3)o2)c(C)c1Br. The van der Waals surface area contributed by atoms with Crippen LogP contribution in [-0.4, -0.2) is 20.7 Å². The molecule has 0 spiro atoms. The first-order valence-electron chi connectivity index (χ1n) is 8.20. The van der Waals surface area contributed by atoms with E-state index in [0.717, 1.165) is 21.6 Å². The second-order valence-electron chi connectivity index (χ2n) is 7.15. The maximum atomic E-state index is 12.4. The van der Waals surface area contributed by atoms with Gasteiger partial charge in [-0.2, -0.15) is 5.10 Å². The molecule has 6 nitrogen and oxygen atoms in total. The highest BCUT2D eigenvalue weighted by Gasteiger charge is 2.19. The van der Waals surface area contributed by atoms with E-state index in [1.54, 1.807) is 12.1 Å². The maximum Gasteiger partial charge on any atom is 0.293 e. The van der Waals surface area contributed by atoms with Gasteiger partial charge in [-0.25, -0.2) is 4.98 Å². The summed E-state index contributed by atoms with van der Waals surface area (Å²) in [4.78, 5) is 16.9. The van der Waals surface area contributed by atoms with Crippen molar-refractivity contribution in [2.24, 2.45) is 0 Å². The number of aromatic nitrogens is 3. The Bertz CT molecular complexity index is 949. The van der Waals surface area contributed by atoms with Crippen molar-refractivity contribution in [3.8, 4) is 0 Å². The number of carbonyl (C=O) groups excluding carboxylic acids is 1. The lowest BCUT2D eigenvalue weighted by Gasteiger charge is -2.14. The highest BCUT2D eigenvalue weighted by molar-refractivity contribution is 9.10. The van der Waals surface area contributed by atoms with Gasteiger partial charge in [-0.3, -0.25) is 14.8 Å². The topological polar surface area (TPSA) is 73.0 Å². The number of rotatable bonds is 4. The minimum Gasteiger partial charge on any atom is -0.454 e. The Morgan fingerprint density at radius 3 is 2.65 bits per heavy atom. The van der Waals surface area contributed by atoms with Crippen LogP contribution >= 0.6 is 27.3 Å². The Hall–Kier alpha value is -1.93. The van der Waals surface area contributed by atoms with Crippen LogP contribution in [0.25, 0.3) is 0 Å². The lowest BCUT2D eigenvalue weighted by Crippen LogP contribution is -2.14. The summed E-state index contributed by atoms with van der Waals surface area (Å²) in [6, 6.07) is 3.46. The summed E-state index contributed by atoms with van der Waals surface area (Å²) in [6.07, 6.45) is 0. The standard InChI is InChI=1S/C18H21BrN4O2S/c1-10-15(19)11(2)23(22-10)8-12-6-7-13(25-12)16(24)21-17-20-14(9-26-17)18(3,4)5/h6-7,9H,8H2,1-5H3,(H,20,21,24). The van der Waals surface area contributed by atoms with Crippen LogP contribution in [-0.2, 0) is 12.0 Å². The number of halogens is 1. The van der Waals surface area contributed by atoms with Crippen LogP contribution in [0.2, 0.25) is 0 Å². The molecule has 3 heterocycles. The van der Waals surface area contributed by atoms with Gasteiger partial charge in [-0.05, 0) is 41.9 Å². The first kappa shape index (κ1) is 18.8. The molecule has 138 valence electrons. The van der Waals surface area contributed by atoms with E-state index in [2.05, 4.69) is 52.1 Å². The van der Waals surface area contributed by atoms with Gasteiger partial charge in [0.1, 0.15) is 5.76 Å². The zero-order valence-corrected chi connectivity index (χ0v) is 17.8. The highest BCUT2D eigenvalue weighted by Crippen LogP contribution is 2.27. The van der Waals surface area contributed by atoms with Gasteiger partial charge in [0.25, 0.3) is 5.91 Å². The number of nitrogens with zero attached hydrogens (tertiary/aromatic N) is 3. The van der Waals surface area contributed by atoms with Crippen LogP contribution in [0.15, 0.2) is 26.4 Å². The highest BCUT2D eigenvalue weighted by atomic mass is 79.9. The van der Waals surface area contributed by atoms with Gasteiger partial charge in [-0.15, -0.1) is 11.3 Å². The molecule has 1 amide bonds. The molecule has 0 bridgehead atoms. The van der Waals surface area contributed by atoms with Crippen LogP contribution in [0, 0.1) is 13.8 Å². The number of aryl methyl sites for hydroxylation is 1. The Morgan fingerprint density at radius 2 is 2.08 bits per heavy atom. The average molecular weight is 437 g/mol. The molecule has 8 heteroatoms. The van der Waals surface area contributed by atoms with Gasteiger partial charge < -0.3 is 4.42 Å². The quantitative estimate of drug-likeness (QED) is 0.630. The number of furan rings is 1. The van der Waals surface area contributed by atoms with Crippen molar-refractivity contribution in [2.45, 2.75) is 46.6 Å². The monoisotopic (exact) mass is 436 g/mol. The lowest BCUT2D eigenvalue weighted by molar-refractivity contribution is 0.0994. The number of amides is 1. The van der Waals surface area contributed by atoms with E-state index in [4.69, 9.17) is 4.42 Å². The molecule has 3 aromatic rings. The lowest BCUT2D eigenvalue weighted by atomic mass is 9.93. The average Bonchev–Trinajstić information content (AvgIpc) is 3.25. The third-order valence-corrected chi connectivity index (χ3v) is 5.88. The summed E-state index contributed by atoms with van der Waals surface area (Å²) in [5.41, 5.74) is 2.84. The summed E-state index contributed by atoms with van der Waals surface area (Å²) in [5, 5.41) is 9.78. The molecule has 0 fully saturated rings. The Kier molecular flexibility index (Phi) is 5.07. The van der Waals surface area contributed by atoms with Crippen molar-refractivity contribution in [3.05, 3.63) is 50.6 Å². The van der Waals surface area contributed by atoms with Gasteiger partial charge in [0.2, 0.25) is 0 Å². The van der Waals surface area contributed by atoms with Crippen molar-refractivity contribution < 1.29 is 9.21 Å². The molecule has 0 saturated carbocycles. The molecule has 0 aliphatic carbocycles. The predicted molar refractivity (Wildman–Crippen MR) is 106 cm³/mol. The van der Waals surface area contributed by atoms with Crippen molar-refractivity contribution in [3.63, 3.8) is 0 Å². The first-order valence-corrected chi connectivity index (χ1v) is 9.88. The first-order chi connectivity index (χ1) is 12.1. The molecule has 1 N–H and O–H groups in total. The number of thiazole rings is 1. The van der Waals surface area contributed by atoms with Crippen LogP contribution < -0.4 is 5.32 Å². The van der Waals surface area contributed by atoms with Crippen molar-refractivity contribution in [1.82, 2.24) is 14.8 Å². The maximum absolute atomic E-state index is 12.4. The summed E-state index contributed by atoms with van der Waals surface area (Å²) >= 11 is 4.92. The van der Waals surface area contributed by atoms with E-state index in [-0.39, 0.29) is 17.1 Å². The third kappa shape index (κ3) is 3.91. The zero-order valence-electron chi connectivity index (χ0n) is 15.4. The van der Waals surface area contributed by atoms with E-state index in [1.165, 1.54) is 11.3 Å². The van der Waals surface area contributed by atoms with Crippen LogP contribution in [0.1, 0.15) is 54.2 Å². The van der Waals surface area contributed by atoms with Crippen LogP contribution in [0.3, 0.4) is 0 Å². The molecule has 0 radical (unpaired) electrons. The van der Waals surface area contributed by atoms with Gasteiger partial charge in [0.05, 0.1) is 28.1 Å².